The Morgan fingerprint density at radius 3 is 2.47 bits per heavy atom. The van der Waals surface area contributed by atoms with E-state index in [2.05, 4.69) is 19.2 Å². The highest BCUT2D eigenvalue weighted by atomic mass is 32.2. The van der Waals surface area contributed by atoms with Crippen molar-refractivity contribution in [2.75, 3.05) is 19.6 Å². The standard InChI is InChI=1S/C24H34N2O3S/c1-3-5-8-19(4-2)18-25-24(27)21-13-15-26(16-14-21)30(28,29)23-12-11-20-9-6-7-10-22(20)17-23/h6-7,9-12,17,19,21H,3-5,8,13-16,18H2,1-2H3,(H,25,27). The van der Waals surface area contributed by atoms with E-state index in [1.54, 1.807) is 12.1 Å². The summed E-state index contributed by atoms with van der Waals surface area (Å²) < 4.78 is 27.7. The van der Waals surface area contributed by atoms with Gasteiger partial charge < -0.3 is 5.32 Å². The summed E-state index contributed by atoms with van der Waals surface area (Å²) in [5.74, 6) is 0.506. The van der Waals surface area contributed by atoms with E-state index in [0.717, 1.165) is 30.2 Å². The largest absolute Gasteiger partial charge is 0.356 e. The van der Waals surface area contributed by atoms with Gasteiger partial charge in [0.1, 0.15) is 0 Å². The predicted octanol–water partition coefficient (Wildman–Crippen LogP) is 4.57. The topological polar surface area (TPSA) is 66.5 Å². The number of unbranched alkanes of at least 4 members (excludes halogenated alkanes) is 1. The Bertz CT molecular complexity index is 950. The van der Waals surface area contributed by atoms with Crippen LogP contribution in [0.15, 0.2) is 47.4 Å². The molecule has 1 unspecified atom stereocenters. The van der Waals surface area contributed by atoms with Crippen LogP contribution in [0, 0.1) is 11.8 Å². The molecule has 5 nitrogen and oxygen atoms in total. The second-order valence-corrected chi connectivity index (χ2v) is 10.3. The maximum absolute atomic E-state index is 13.1. The van der Waals surface area contributed by atoms with Crippen molar-refractivity contribution in [1.82, 2.24) is 9.62 Å². The van der Waals surface area contributed by atoms with Gasteiger partial charge in [-0.3, -0.25) is 4.79 Å². The third kappa shape index (κ3) is 5.41. The molecule has 1 heterocycles. The Hall–Kier alpha value is -1.92. The second kappa shape index (κ2) is 10.4. The highest BCUT2D eigenvalue weighted by Crippen LogP contribution is 2.26. The van der Waals surface area contributed by atoms with Crippen molar-refractivity contribution in [3.05, 3.63) is 42.5 Å². The van der Waals surface area contributed by atoms with Crippen molar-refractivity contribution in [3.63, 3.8) is 0 Å². The van der Waals surface area contributed by atoms with E-state index in [0.29, 0.717) is 36.7 Å². The number of hydrogen-bond acceptors (Lipinski definition) is 3. The van der Waals surface area contributed by atoms with E-state index in [-0.39, 0.29) is 11.8 Å². The number of carbonyl (C=O) groups is 1. The number of benzene rings is 2. The van der Waals surface area contributed by atoms with Crippen molar-refractivity contribution in [3.8, 4) is 0 Å². The van der Waals surface area contributed by atoms with E-state index in [4.69, 9.17) is 0 Å². The molecule has 3 rings (SSSR count). The molecule has 1 aliphatic heterocycles. The van der Waals surface area contributed by atoms with Crippen LogP contribution in [-0.4, -0.2) is 38.3 Å². The molecule has 0 aliphatic carbocycles. The lowest BCUT2D eigenvalue weighted by atomic mass is 9.95. The lowest BCUT2D eigenvalue weighted by Gasteiger charge is -2.31. The zero-order valence-corrected chi connectivity index (χ0v) is 19.0. The Kier molecular flexibility index (Phi) is 7.89. The summed E-state index contributed by atoms with van der Waals surface area (Å²) in [6, 6.07) is 13.0. The van der Waals surface area contributed by atoms with E-state index in [9.17, 15) is 13.2 Å². The van der Waals surface area contributed by atoms with Crippen LogP contribution in [0.25, 0.3) is 10.8 Å². The van der Waals surface area contributed by atoms with Crippen LogP contribution >= 0.6 is 0 Å². The third-order valence-corrected chi connectivity index (χ3v) is 8.19. The first-order valence-electron chi connectivity index (χ1n) is 11.2. The number of nitrogens with zero attached hydrogens (tertiary/aromatic N) is 1. The van der Waals surface area contributed by atoms with Crippen molar-refractivity contribution in [2.45, 2.75) is 57.3 Å². The minimum absolute atomic E-state index is 0.0766. The molecule has 1 N–H and O–H groups in total. The van der Waals surface area contributed by atoms with Gasteiger partial charge in [-0.05, 0) is 48.1 Å². The molecule has 6 heteroatoms. The van der Waals surface area contributed by atoms with E-state index < -0.39 is 10.0 Å². The fourth-order valence-corrected chi connectivity index (χ4v) is 5.67. The second-order valence-electron chi connectivity index (χ2n) is 8.35. The average molecular weight is 431 g/mol. The quantitative estimate of drug-likeness (QED) is 0.633. The number of piperidine rings is 1. The van der Waals surface area contributed by atoms with E-state index in [1.165, 1.54) is 17.1 Å². The van der Waals surface area contributed by atoms with Gasteiger partial charge in [-0.15, -0.1) is 0 Å². The normalized spacial score (nSPS) is 17.1. The number of amides is 1. The molecule has 0 radical (unpaired) electrons. The van der Waals surface area contributed by atoms with Crippen LogP contribution in [0.3, 0.4) is 0 Å². The fraction of sp³-hybridized carbons (Fsp3) is 0.542. The number of rotatable bonds is 9. The number of hydrogen-bond donors (Lipinski definition) is 1. The third-order valence-electron chi connectivity index (χ3n) is 6.29. The average Bonchev–Trinajstić information content (AvgIpc) is 2.78. The minimum Gasteiger partial charge on any atom is -0.356 e. The monoisotopic (exact) mass is 430 g/mol. The SMILES string of the molecule is CCCCC(CC)CNC(=O)C1CCN(S(=O)(=O)c2ccc3ccccc3c2)CC1. The highest BCUT2D eigenvalue weighted by Gasteiger charge is 2.32. The van der Waals surface area contributed by atoms with Gasteiger partial charge in [0.2, 0.25) is 15.9 Å². The highest BCUT2D eigenvalue weighted by molar-refractivity contribution is 7.89. The Morgan fingerprint density at radius 2 is 1.80 bits per heavy atom. The molecule has 0 saturated carbocycles. The summed E-state index contributed by atoms with van der Waals surface area (Å²) >= 11 is 0. The van der Waals surface area contributed by atoms with Crippen LogP contribution in [0.4, 0.5) is 0 Å². The first-order chi connectivity index (χ1) is 14.5. The van der Waals surface area contributed by atoms with Gasteiger partial charge in [-0.1, -0.05) is 63.4 Å². The van der Waals surface area contributed by atoms with Gasteiger partial charge in [0.05, 0.1) is 4.90 Å². The molecule has 1 aliphatic rings. The van der Waals surface area contributed by atoms with Crippen molar-refractivity contribution >= 4 is 26.7 Å². The zero-order chi connectivity index (χ0) is 21.6. The van der Waals surface area contributed by atoms with Crippen molar-refractivity contribution in [2.24, 2.45) is 11.8 Å². The summed E-state index contributed by atoms with van der Waals surface area (Å²) in [6.07, 6.45) is 5.74. The molecule has 1 fully saturated rings. The Balaban J connectivity index is 1.56. The molecule has 30 heavy (non-hydrogen) atoms. The maximum Gasteiger partial charge on any atom is 0.243 e. The van der Waals surface area contributed by atoms with Crippen molar-refractivity contribution in [1.29, 1.82) is 0 Å². The van der Waals surface area contributed by atoms with Gasteiger partial charge in [0.15, 0.2) is 0 Å². The maximum atomic E-state index is 13.1. The van der Waals surface area contributed by atoms with Gasteiger partial charge >= 0.3 is 0 Å². The minimum atomic E-state index is -3.54. The molecule has 1 atom stereocenters. The molecule has 0 bridgehead atoms. The first-order valence-corrected chi connectivity index (χ1v) is 12.7. The fourth-order valence-electron chi connectivity index (χ4n) is 4.17. The Labute approximate surface area is 180 Å². The van der Waals surface area contributed by atoms with Crippen LogP contribution in [-0.2, 0) is 14.8 Å². The van der Waals surface area contributed by atoms with E-state index >= 15 is 0 Å². The molecule has 1 amide bonds. The van der Waals surface area contributed by atoms with Gasteiger partial charge in [-0.25, -0.2) is 8.42 Å². The smallest absolute Gasteiger partial charge is 0.243 e. The van der Waals surface area contributed by atoms with Gasteiger partial charge in [-0.2, -0.15) is 4.31 Å². The molecule has 2 aromatic rings. The number of carbonyl (C=O) groups excluding carboxylic acids is 1. The molecule has 1 saturated heterocycles. The Morgan fingerprint density at radius 1 is 1.10 bits per heavy atom. The van der Waals surface area contributed by atoms with Crippen LogP contribution in [0.2, 0.25) is 0 Å². The molecule has 2 aromatic carbocycles. The number of nitrogens with one attached hydrogen (secondary N) is 1. The molecular formula is C24H34N2O3S. The lowest BCUT2D eigenvalue weighted by Crippen LogP contribution is -2.43. The van der Waals surface area contributed by atoms with E-state index in [1.807, 2.05) is 30.3 Å². The van der Waals surface area contributed by atoms with Gasteiger partial charge in [0, 0.05) is 25.6 Å². The summed E-state index contributed by atoms with van der Waals surface area (Å²) in [4.78, 5) is 12.9. The summed E-state index contributed by atoms with van der Waals surface area (Å²) in [6.45, 7) is 5.86. The summed E-state index contributed by atoms with van der Waals surface area (Å²) in [5, 5.41) is 5.05. The molecule has 164 valence electrons. The number of fused-ring (bicyclic) bond motifs is 1. The molecule has 0 aromatic heterocycles. The molecule has 0 spiro atoms. The van der Waals surface area contributed by atoms with Gasteiger partial charge in [0.25, 0.3) is 0 Å². The van der Waals surface area contributed by atoms with Crippen LogP contribution in [0.5, 0.6) is 0 Å². The van der Waals surface area contributed by atoms with Crippen molar-refractivity contribution < 1.29 is 13.2 Å². The van der Waals surface area contributed by atoms with Crippen LogP contribution in [0.1, 0.15) is 52.4 Å². The first kappa shape index (κ1) is 22.8. The zero-order valence-electron chi connectivity index (χ0n) is 18.1. The van der Waals surface area contributed by atoms with Crippen LogP contribution < -0.4 is 5.32 Å². The predicted molar refractivity (Wildman–Crippen MR) is 122 cm³/mol. The number of sulfonamides is 1. The summed E-state index contributed by atoms with van der Waals surface area (Å²) in [5.41, 5.74) is 0. The molecular weight excluding hydrogens is 396 g/mol. The summed E-state index contributed by atoms with van der Waals surface area (Å²) in [7, 11) is -3.54. The lowest BCUT2D eigenvalue weighted by molar-refractivity contribution is -0.126.